The molecule has 0 aliphatic carbocycles. The smallest absolute Gasteiger partial charge is 0.229 e. The average Bonchev–Trinajstić information content (AvgIpc) is 2.88. The second-order valence-electron chi connectivity index (χ2n) is 9.28. The molecular formula is C28H36N6O2. The van der Waals surface area contributed by atoms with Crippen LogP contribution in [0.5, 0.6) is 0 Å². The molecule has 2 aromatic carbocycles. The summed E-state index contributed by atoms with van der Waals surface area (Å²) in [7, 11) is 0. The second kappa shape index (κ2) is 12.0. The number of hydrogen-bond acceptors (Lipinski definition) is 8. The summed E-state index contributed by atoms with van der Waals surface area (Å²) in [6, 6.07) is 16.4. The Kier molecular flexibility index (Phi) is 8.51. The van der Waals surface area contributed by atoms with Gasteiger partial charge in [0.1, 0.15) is 11.9 Å². The van der Waals surface area contributed by atoms with Gasteiger partial charge in [0.2, 0.25) is 5.95 Å². The molecule has 2 atom stereocenters. The molecular weight excluding hydrogens is 452 g/mol. The van der Waals surface area contributed by atoms with Crippen molar-refractivity contribution in [1.82, 2.24) is 15.3 Å². The van der Waals surface area contributed by atoms with Crippen molar-refractivity contribution in [2.24, 2.45) is 0 Å². The van der Waals surface area contributed by atoms with Crippen LogP contribution in [-0.2, 0) is 6.42 Å². The van der Waals surface area contributed by atoms with Crippen LogP contribution in [0.4, 0.5) is 23.1 Å². The topological polar surface area (TPSA) is 116 Å². The number of nitrogens with zero attached hydrogens (tertiary/aromatic N) is 3. The zero-order valence-corrected chi connectivity index (χ0v) is 21.1. The number of likely N-dealkylation sites (N-methyl/N-ethyl adjacent to an activating group) is 1. The van der Waals surface area contributed by atoms with E-state index in [1.807, 2.05) is 6.07 Å². The van der Waals surface area contributed by atoms with Gasteiger partial charge < -0.3 is 26.4 Å². The zero-order valence-electron chi connectivity index (χ0n) is 21.1. The van der Waals surface area contributed by atoms with Crippen molar-refractivity contribution in [3.8, 4) is 0 Å². The molecule has 1 aliphatic rings. The van der Waals surface area contributed by atoms with Crippen LogP contribution in [0.1, 0.15) is 60.8 Å². The zero-order chi connectivity index (χ0) is 25.5. The fourth-order valence-corrected chi connectivity index (χ4v) is 4.67. The Morgan fingerprint density at radius 3 is 2.72 bits per heavy atom. The van der Waals surface area contributed by atoms with E-state index in [1.165, 1.54) is 0 Å². The molecule has 1 saturated heterocycles. The number of carbonyl (C=O) groups excluding carboxylic acids is 1. The molecule has 1 aliphatic heterocycles. The van der Waals surface area contributed by atoms with E-state index >= 15 is 0 Å². The number of aromatic nitrogens is 2. The number of nitrogens with one attached hydrogen (secondary N) is 2. The number of ketones is 1. The molecule has 0 bridgehead atoms. The van der Waals surface area contributed by atoms with Gasteiger partial charge in [-0.2, -0.15) is 4.98 Å². The standard InChI is InChI=1S/C28H36N6O2/c1-3-9-22-17-25(34-13-8-12-23(18-34)30-4-2)33-28(31-22)32-24-15-20(14-21(29)16-24)27(36)26(35)19-10-6-5-7-11-19/h5-7,10-11,14-17,23,26,30,35H,3-4,8-9,12-13,18,29H2,1-2H3,(H,31,32,33). The molecule has 2 heterocycles. The van der Waals surface area contributed by atoms with Crippen LogP contribution in [0, 0.1) is 0 Å². The first-order valence-electron chi connectivity index (χ1n) is 12.8. The third kappa shape index (κ3) is 6.38. The molecule has 36 heavy (non-hydrogen) atoms. The lowest BCUT2D eigenvalue weighted by Gasteiger charge is -2.34. The highest BCUT2D eigenvalue weighted by atomic mass is 16.3. The highest BCUT2D eigenvalue weighted by Crippen LogP contribution is 2.26. The Morgan fingerprint density at radius 2 is 1.97 bits per heavy atom. The summed E-state index contributed by atoms with van der Waals surface area (Å²) >= 11 is 0. The fourth-order valence-electron chi connectivity index (χ4n) is 4.67. The van der Waals surface area contributed by atoms with Gasteiger partial charge in [0.05, 0.1) is 0 Å². The number of aliphatic hydroxyl groups excluding tert-OH is 1. The van der Waals surface area contributed by atoms with Gasteiger partial charge in [0.25, 0.3) is 0 Å². The fraction of sp³-hybridized carbons (Fsp3) is 0.393. The molecule has 0 radical (unpaired) electrons. The summed E-state index contributed by atoms with van der Waals surface area (Å²) in [6.45, 7) is 7.08. The van der Waals surface area contributed by atoms with Gasteiger partial charge in [-0.25, -0.2) is 4.98 Å². The number of Topliss-reactive ketones (excluding diaryl/α,β-unsaturated/α-hetero) is 1. The van der Waals surface area contributed by atoms with Gasteiger partial charge in [0, 0.05) is 47.8 Å². The van der Waals surface area contributed by atoms with E-state index in [4.69, 9.17) is 15.7 Å². The minimum Gasteiger partial charge on any atom is -0.399 e. The molecule has 2 unspecified atom stereocenters. The number of rotatable bonds is 10. The van der Waals surface area contributed by atoms with Crippen LogP contribution in [0.15, 0.2) is 54.6 Å². The molecule has 3 aromatic rings. The van der Waals surface area contributed by atoms with Crippen molar-refractivity contribution in [3.63, 3.8) is 0 Å². The van der Waals surface area contributed by atoms with Crippen LogP contribution >= 0.6 is 0 Å². The number of aliphatic hydroxyl groups is 1. The Morgan fingerprint density at radius 1 is 1.17 bits per heavy atom. The van der Waals surface area contributed by atoms with Crippen LogP contribution in [0.3, 0.4) is 0 Å². The average molecular weight is 489 g/mol. The first-order chi connectivity index (χ1) is 17.5. The second-order valence-corrected chi connectivity index (χ2v) is 9.28. The molecule has 1 fully saturated rings. The highest BCUT2D eigenvalue weighted by Gasteiger charge is 2.22. The Balaban J connectivity index is 1.59. The summed E-state index contributed by atoms with van der Waals surface area (Å²) in [6.07, 6.45) is 2.83. The number of hydrogen-bond donors (Lipinski definition) is 4. The maximum atomic E-state index is 13.0. The van der Waals surface area contributed by atoms with Crippen molar-refractivity contribution in [2.45, 2.75) is 51.7 Å². The van der Waals surface area contributed by atoms with Gasteiger partial charge in [-0.1, -0.05) is 50.6 Å². The molecule has 4 rings (SSSR count). The summed E-state index contributed by atoms with van der Waals surface area (Å²) in [4.78, 5) is 24.9. The molecule has 1 aromatic heterocycles. The van der Waals surface area contributed by atoms with E-state index in [0.29, 0.717) is 34.5 Å². The van der Waals surface area contributed by atoms with Gasteiger partial charge >= 0.3 is 0 Å². The van der Waals surface area contributed by atoms with E-state index in [-0.39, 0.29) is 0 Å². The largest absolute Gasteiger partial charge is 0.399 e. The normalized spacial score (nSPS) is 16.5. The van der Waals surface area contributed by atoms with Crippen molar-refractivity contribution in [1.29, 1.82) is 0 Å². The first-order valence-corrected chi connectivity index (χ1v) is 12.8. The van der Waals surface area contributed by atoms with Gasteiger partial charge in [-0.15, -0.1) is 0 Å². The van der Waals surface area contributed by atoms with Crippen LogP contribution in [-0.4, -0.2) is 46.5 Å². The molecule has 8 heteroatoms. The maximum Gasteiger partial charge on any atom is 0.229 e. The number of anilines is 4. The number of aryl methyl sites for hydroxylation is 1. The van der Waals surface area contributed by atoms with E-state index in [2.05, 4.69) is 35.4 Å². The monoisotopic (exact) mass is 488 g/mol. The highest BCUT2D eigenvalue weighted by molar-refractivity contribution is 6.01. The lowest BCUT2D eigenvalue weighted by molar-refractivity contribution is 0.0747. The Labute approximate surface area is 213 Å². The van der Waals surface area contributed by atoms with Gasteiger partial charge in [-0.05, 0) is 49.6 Å². The molecule has 5 N–H and O–H groups in total. The molecule has 8 nitrogen and oxygen atoms in total. The predicted octanol–water partition coefficient (Wildman–Crippen LogP) is 4.25. The summed E-state index contributed by atoms with van der Waals surface area (Å²) in [5, 5.41) is 17.4. The van der Waals surface area contributed by atoms with Crippen molar-refractivity contribution in [3.05, 3.63) is 71.4 Å². The summed E-state index contributed by atoms with van der Waals surface area (Å²) in [5.74, 6) is 0.952. The van der Waals surface area contributed by atoms with Crippen LogP contribution < -0.4 is 21.3 Å². The van der Waals surface area contributed by atoms with Crippen molar-refractivity contribution >= 4 is 28.9 Å². The van der Waals surface area contributed by atoms with Gasteiger partial charge in [-0.3, -0.25) is 4.79 Å². The minimum absolute atomic E-state index is 0.323. The SMILES string of the molecule is CCCc1cc(N2CCCC(NCC)C2)nc(Nc2cc(N)cc(C(=O)C(O)c3ccccc3)c2)n1. The lowest BCUT2D eigenvalue weighted by Crippen LogP contribution is -2.46. The summed E-state index contributed by atoms with van der Waals surface area (Å²) in [5.41, 5.74) is 8.97. The van der Waals surface area contributed by atoms with Crippen molar-refractivity contribution in [2.75, 3.05) is 35.6 Å². The molecule has 0 saturated carbocycles. The summed E-state index contributed by atoms with van der Waals surface area (Å²) < 4.78 is 0. The first kappa shape index (κ1) is 25.6. The molecule has 0 spiro atoms. The minimum atomic E-state index is -1.26. The number of carbonyl (C=O) groups is 1. The number of piperidine rings is 1. The van der Waals surface area contributed by atoms with E-state index in [1.54, 1.807) is 42.5 Å². The number of benzene rings is 2. The lowest BCUT2D eigenvalue weighted by atomic mass is 9.99. The third-order valence-corrected chi connectivity index (χ3v) is 6.37. The quantitative estimate of drug-likeness (QED) is 0.247. The van der Waals surface area contributed by atoms with Gasteiger partial charge in [0.15, 0.2) is 5.78 Å². The Hall–Kier alpha value is -3.49. The third-order valence-electron chi connectivity index (χ3n) is 6.37. The van der Waals surface area contributed by atoms with E-state index < -0.39 is 11.9 Å². The van der Waals surface area contributed by atoms with E-state index in [0.717, 1.165) is 56.8 Å². The van der Waals surface area contributed by atoms with Crippen LogP contribution in [0.25, 0.3) is 0 Å². The maximum absolute atomic E-state index is 13.0. The predicted molar refractivity (Wildman–Crippen MR) is 145 cm³/mol. The number of nitrogens with two attached hydrogens (primary N) is 1. The molecule has 190 valence electrons. The van der Waals surface area contributed by atoms with Crippen LogP contribution in [0.2, 0.25) is 0 Å². The number of nitrogen functional groups attached to an aromatic ring is 1. The van der Waals surface area contributed by atoms with E-state index in [9.17, 15) is 9.90 Å². The Bertz CT molecular complexity index is 1170. The molecule has 0 amide bonds. The van der Waals surface area contributed by atoms with Crippen molar-refractivity contribution < 1.29 is 9.90 Å².